The number of hydrogen-bond acceptors (Lipinski definition) is 5. The molecule has 102 valence electrons. The molecule has 1 unspecified atom stereocenters. The highest BCUT2D eigenvalue weighted by atomic mass is 32.2. The average Bonchev–Trinajstić information content (AvgIpc) is 2.82. The molecular weight excluding hydrogens is 258 g/mol. The van der Waals surface area contributed by atoms with Crippen LogP contribution in [0, 0.1) is 0 Å². The van der Waals surface area contributed by atoms with Gasteiger partial charge in [0.25, 0.3) is 10.0 Å². The Labute approximate surface area is 106 Å². The Hall–Kier alpha value is -0.960. The summed E-state index contributed by atoms with van der Waals surface area (Å²) in [5.41, 5.74) is 0. The van der Waals surface area contributed by atoms with Gasteiger partial charge in [-0.25, -0.2) is 18.1 Å². The highest BCUT2D eigenvalue weighted by molar-refractivity contribution is 7.89. The molecule has 7 nitrogen and oxygen atoms in total. The summed E-state index contributed by atoms with van der Waals surface area (Å²) in [5.74, 6) is -0.652. The number of ether oxygens (including phenoxy) is 2. The van der Waals surface area contributed by atoms with Crippen molar-refractivity contribution in [3.05, 3.63) is 12.5 Å². The lowest BCUT2D eigenvalue weighted by Gasteiger charge is -2.17. The third-order valence-corrected chi connectivity index (χ3v) is 3.83. The molecule has 1 aliphatic heterocycles. The molecule has 1 aromatic rings. The average molecular weight is 275 g/mol. The normalized spacial score (nSPS) is 23.4. The maximum Gasteiger partial charge on any atom is 0.259 e. The van der Waals surface area contributed by atoms with Crippen molar-refractivity contribution < 1.29 is 17.9 Å². The number of aryl methyl sites for hydroxylation is 1. The number of aromatic nitrogens is 2. The van der Waals surface area contributed by atoms with Crippen molar-refractivity contribution in [1.29, 1.82) is 0 Å². The highest BCUT2D eigenvalue weighted by Gasteiger charge is 2.33. The van der Waals surface area contributed by atoms with Gasteiger partial charge in [0.2, 0.25) is 0 Å². The van der Waals surface area contributed by atoms with Crippen LogP contribution in [0.25, 0.3) is 0 Å². The van der Waals surface area contributed by atoms with Crippen molar-refractivity contribution in [3.63, 3.8) is 0 Å². The van der Waals surface area contributed by atoms with Gasteiger partial charge in [0.15, 0.2) is 10.8 Å². The third kappa shape index (κ3) is 3.08. The van der Waals surface area contributed by atoms with Gasteiger partial charge in [0.05, 0.1) is 19.0 Å². The summed E-state index contributed by atoms with van der Waals surface area (Å²) >= 11 is 0. The van der Waals surface area contributed by atoms with Crippen LogP contribution in [0.2, 0.25) is 0 Å². The summed E-state index contributed by atoms with van der Waals surface area (Å²) in [6, 6.07) is 0. The van der Waals surface area contributed by atoms with Crippen LogP contribution < -0.4 is 4.72 Å². The molecule has 1 atom stereocenters. The van der Waals surface area contributed by atoms with E-state index in [4.69, 9.17) is 9.47 Å². The molecular formula is C10H17N3O4S. The van der Waals surface area contributed by atoms with Gasteiger partial charge in [-0.2, -0.15) is 0 Å². The van der Waals surface area contributed by atoms with E-state index in [0.29, 0.717) is 6.61 Å². The van der Waals surface area contributed by atoms with E-state index < -0.39 is 15.8 Å². The number of nitrogens with zero attached hydrogens (tertiary/aromatic N) is 2. The first-order valence-corrected chi connectivity index (χ1v) is 7.06. The van der Waals surface area contributed by atoms with Gasteiger partial charge in [0, 0.05) is 19.8 Å². The predicted molar refractivity (Wildman–Crippen MR) is 63.3 cm³/mol. The van der Waals surface area contributed by atoms with E-state index in [2.05, 4.69) is 9.71 Å². The lowest BCUT2D eigenvalue weighted by Crippen LogP contribution is -2.34. The first-order valence-electron chi connectivity index (χ1n) is 5.58. The van der Waals surface area contributed by atoms with Crippen LogP contribution in [0.4, 0.5) is 0 Å². The molecule has 0 radical (unpaired) electrons. The topological polar surface area (TPSA) is 82.5 Å². The van der Waals surface area contributed by atoms with E-state index in [1.165, 1.54) is 12.5 Å². The van der Waals surface area contributed by atoms with Crippen LogP contribution >= 0.6 is 0 Å². The Bertz CT molecular complexity index is 523. The molecule has 1 aliphatic rings. The molecule has 1 fully saturated rings. The molecule has 0 aromatic carbocycles. The van der Waals surface area contributed by atoms with Gasteiger partial charge in [-0.15, -0.1) is 0 Å². The van der Waals surface area contributed by atoms with Crippen molar-refractivity contribution in [2.45, 2.75) is 30.8 Å². The van der Waals surface area contributed by atoms with Crippen LogP contribution in [-0.4, -0.2) is 43.0 Å². The van der Waals surface area contributed by atoms with Crippen molar-refractivity contribution in [1.82, 2.24) is 14.3 Å². The molecule has 8 heteroatoms. The van der Waals surface area contributed by atoms with E-state index in [1.54, 1.807) is 25.5 Å². The summed E-state index contributed by atoms with van der Waals surface area (Å²) in [6.45, 7) is 4.13. The fourth-order valence-electron chi connectivity index (χ4n) is 1.67. The molecule has 0 aliphatic carbocycles. The molecule has 18 heavy (non-hydrogen) atoms. The summed E-state index contributed by atoms with van der Waals surface area (Å²) in [5, 5.41) is 0.00294. The van der Waals surface area contributed by atoms with Gasteiger partial charge < -0.3 is 14.0 Å². The Morgan fingerprint density at radius 2 is 2.33 bits per heavy atom. The number of imidazole rings is 1. The van der Waals surface area contributed by atoms with E-state index in [0.717, 1.165) is 0 Å². The zero-order chi connectivity index (χ0) is 13.4. The minimum Gasteiger partial charge on any atom is -0.348 e. The van der Waals surface area contributed by atoms with Crippen LogP contribution in [0.5, 0.6) is 0 Å². The van der Waals surface area contributed by atoms with Crippen molar-refractivity contribution in [3.8, 4) is 0 Å². The van der Waals surface area contributed by atoms with E-state index >= 15 is 0 Å². The van der Waals surface area contributed by atoms with Crippen molar-refractivity contribution >= 4 is 10.0 Å². The molecule has 0 saturated carbocycles. The summed E-state index contributed by atoms with van der Waals surface area (Å²) in [6.07, 6.45) is 2.60. The van der Waals surface area contributed by atoms with Crippen LogP contribution in [0.3, 0.4) is 0 Å². The second-order valence-electron chi connectivity index (χ2n) is 4.68. The minimum atomic E-state index is -3.58. The molecule has 0 amide bonds. The van der Waals surface area contributed by atoms with Crippen LogP contribution in [0.1, 0.15) is 13.8 Å². The van der Waals surface area contributed by atoms with Gasteiger partial charge >= 0.3 is 0 Å². The maximum atomic E-state index is 11.9. The SMILES string of the molecule is Cn1cnc(S(=O)(=O)NCC2COC(C)(C)O2)c1. The maximum absolute atomic E-state index is 11.9. The quantitative estimate of drug-likeness (QED) is 0.826. The molecule has 2 rings (SSSR count). The first kappa shape index (κ1) is 13.5. The highest BCUT2D eigenvalue weighted by Crippen LogP contribution is 2.21. The number of nitrogens with one attached hydrogen (secondary N) is 1. The smallest absolute Gasteiger partial charge is 0.259 e. The largest absolute Gasteiger partial charge is 0.348 e. The van der Waals surface area contributed by atoms with E-state index in [-0.39, 0.29) is 17.7 Å². The van der Waals surface area contributed by atoms with Crippen molar-refractivity contribution in [2.24, 2.45) is 7.05 Å². The Kier molecular flexibility index (Phi) is 3.45. The predicted octanol–water partition coefficient (Wildman–Crippen LogP) is -0.150. The second-order valence-corrected chi connectivity index (χ2v) is 6.39. The molecule has 1 aromatic heterocycles. The second kappa shape index (κ2) is 4.61. The summed E-state index contributed by atoms with van der Waals surface area (Å²) in [7, 11) is -1.87. The van der Waals surface area contributed by atoms with E-state index in [9.17, 15) is 8.42 Å². The summed E-state index contributed by atoms with van der Waals surface area (Å²) < 4.78 is 38.7. The lowest BCUT2D eigenvalue weighted by molar-refractivity contribution is -0.137. The van der Waals surface area contributed by atoms with Gasteiger partial charge in [-0.1, -0.05) is 0 Å². The third-order valence-electron chi connectivity index (χ3n) is 2.52. The van der Waals surface area contributed by atoms with Crippen LogP contribution in [0.15, 0.2) is 17.6 Å². The minimum absolute atomic E-state index is 0.00294. The van der Waals surface area contributed by atoms with Gasteiger partial charge in [-0.3, -0.25) is 0 Å². The first-order chi connectivity index (χ1) is 8.28. The van der Waals surface area contributed by atoms with Crippen molar-refractivity contribution in [2.75, 3.05) is 13.2 Å². The Morgan fingerprint density at radius 1 is 1.61 bits per heavy atom. The molecule has 0 bridgehead atoms. The molecule has 1 N–H and O–H groups in total. The van der Waals surface area contributed by atoms with Gasteiger partial charge in [0.1, 0.15) is 0 Å². The Balaban J connectivity index is 1.94. The molecule has 2 heterocycles. The molecule has 0 spiro atoms. The monoisotopic (exact) mass is 275 g/mol. The number of sulfonamides is 1. The molecule has 1 saturated heterocycles. The van der Waals surface area contributed by atoms with Crippen LogP contribution in [-0.2, 0) is 26.5 Å². The lowest BCUT2D eigenvalue weighted by atomic mass is 10.4. The zero-order valence-corrected chi connectivity index (χ0v) is 11.4. The fraction of sp³-hybridized carbons (Fsp3) is 0.700. The zero-order valence-electron chi connectivity index (χ0n) is 10.6. The number of hydrogen-bond donors (Lipinski definition) is 1. The van der Waals surface area contributed by atoms with E-state index in [1.807, 2.05) is 0 Å². The van der Waals surface area contributed by atoms with Gasteiger partial charge in [-0.05, 0) is 13.8 Å². The fourth-order valence-corrected chi connectivity index (χ4v) is 2.71. The number of rotatable bonds is 4. The standard InChI is InChI=1S/C10H17N3O4S/c1-10(2)16-6-8(17-10)4-12-18(14,15)9-5-13(3)7-11-9/h5,7-8,12H,4,6H2,1-3H3. The Morgan fingerprint density at radius 3 is 2.83 bits per heavy atom. The summed E-state index contributed by atoms with van der Waals surface area (Å²) in [4.78, 5) is 3.80.